The number of carbonyl (C=O) groups is 1. The normalized spacial score (nSPS) is 14.4. The number of aliphatic hydroxyl groups excluding tert-OH is 1. The molecule has 36 heavy (non-hydrogen) atoms. The highest BCUT2D eigenvalue weighted by Crippen LogP contribution is 2.36. The first kappa shape index (κ1) is 26.1. The van der Waals surface area contributed by atoms with Crippen LogP contribution in [0.5, 0.6) is 0 Å². The Labute approximate surface area is 215 Å². The van der Waals surface area contributed by atoms with Crippen LogP contribution >= 0.6 is 11.9 Å². The van der Waals surface area contributed by atoms with Crippen molar-refractivity contribution in [3.05, 3.63) is 100 Å². The highest BCUT2D eigenvalue weighted by atomic mass is 32.2. The molecule has 4 rings (SSSR count). The van der Waals surface area contributed by atoms with Gasteiger partial charge in [-0.15, -0.1) is 0 Å². The number of nitrogens with zero attached hydrogens (tertiary/aromatic N) is 1. The molecule has 0 aromatic heterocycles. The van der Waals surface area contributed by atoms with E-state index in [1.807, 2.05) is 35.6 Å². The van der Waals surface area contributed by atoms with Crippen LogP contribution < -0.4 is 14.9 Å². The van der Waals surface area contributed by atoms with Crippen molar-refractivity contribution in [2.24, 2.45) is 0 Å². The van der Waals surface area contributed by atoms with Crippen LogP contribution in [-0.4, -0.2) is 36.8 Å². The second kappa shape index (κ2) is 11.9. The smallest absolute Gasteiger partial charge is 0.251 e. The van der Waals surface area contributed by atoms with Crippen molar-refractivity contribution in [3.63, 3.8) is 0 Å². The lowest BCUT2D eigenvalue weighted by molar-refractivity contribution is 0.0830. The first-order valence-electron chi connectivity index (χ1n) is 12.0. The van der Waals surface area contributed by atoms with Crippen molar-refractivity contribution in [2.45, 2.75) is 44.2 Å². The van der Waals surface area contributed by atoms with Gasteiger partial charge in [-0.05, 0) is 71.3 Å². The minimum absolute atomic E-state index is 0.0787. The zero-order chi connectivity index (χ0) is 25.7. The van der Waals surface area contributed by atoms with Gasteiger partial charge in [-0.2, -0.15) is 0 Å². The fourth-order valence-corrected chi connectivity index (χ4v) is 5.23. The van der Waals surface area contributed by atoms with Gasteiger partial charge in [0.15, 0.2) is 0 Å². The molecule has 3 aromatic rings. The predicted octanol–water partition coefficient (Wildman–Crippen LogP) is 4.62. The Morgan fingerprint density at radius 2 is 1.81 bits per heavy atom. The zero-order valence-corrected chi connectivity index (χ0v) is 21.2. The molecule has 0 radical (unpaired) electrons. The molecule has 0 saturated heterocycles. The van der Waals surface area contributed by atoms with E-state index < -0.39 is 23.8 Å². The summed E-state index contributed by atoms with van der Waals surface area (Å²) in [6, 6.07) is 16.2. The van der Waals surface area contributed by atoms with Crippen LogP contribution in [0.3, 0.4) is 0 Å². The summed E-state index contributed by atoms with van der Waals surface area (Å²) in [6.07, 6.45) is 0.0311. The number of anilines is 1. The van der Waals surface area contributed by atoms with Gasteiger partial charge < -0.3 is 20.0 Å². The van der Waals surface area contributed by atoms with Gasteiger partial charge in [-0.25, -0.2) is 8.78 Å². The van der Waals surface area contributed by atoms with E-state index in [1.54, 1.807) is 18.0 Å². The number of hydrogen-bond donors (Lipinski definition) is 3. The van der Waals surface area contributed by atoms with Crippen molar-refractivity contribution in [1.29, 1.82) is 0 Å². The van der Waals surface area contributed by atoms with Crippen LogP contribution in [0.2, 0.25) is 0 Å². The van der Waals surface area contributed by atoms with E-state index in [0.717, 1.165) is 35.1 Å². The lowest BCUT2D eigenvalue weighted by Crippen LogP contribution is -2.48. The van der Waals surface area contributed by atoms with Gasteiger partial charge in [0, 0.05) is 37.5 Å². The first-order chi connectivity index (χ1) is 17.3. The Bertz CT molecular complexity index is 1200. The van der Waals surface area contributed by atoms with Gasteiger partial charge in [0.1, 0.15) is 11.6 Å². The van der Waals surface area contributed by atoms with E-state index in [1.165, 1.54) is 17.7 Å². The number of aliphatic hydroxyl groups is 1. The second-order valence-corrected chi connectivity index (χ2v) is 10.1. The van der Waals surface area contributed by atoms with E-state index in [2.05, 4.69) is 29.7 Å². The summed E-state index contributed by atoms with van der Waals surface area (Å²) in [5.41, 5.74) is 5.28. The number of nitrogens with one attached hydrogen (secondary N) is 2. The van der Waals surface area contributed by atoms with Crippen LogP contribution in [0.4, 0.5) is 14.5 Å². The van der Waals surface area contributed by atoms with Crippen LogP contribution in [0.1, 0.15) is 39.5 Å². The van der Waals surface area contributed by atoms with Gasteiger partial charge in [-0.3, -0.25) is 4.79 Å². The van der Waals surface area contributed by atoms with Crippen molar-refractivity contribution in [3.8, 4) is 0 Å². The van der Waals surface area contributed by atoms with Crippen molar-refractivity contribution in [2.75, 3.05) is 17.9 Å². The monoisotopic (exact) mass is 511 g/mol. The number of fused-ring (bicyclic) bond motifs is 1. The lowest BCUT2D eigenvalue weighted by Gasteiger charge is -2.25. The molecule has 0 unspecified atom stereocenters. The SMILES string of the molecule is CCc1cccc(CNC[C@@H](O)[C@H](Cc2cc(F)cc(F)c2)NC(=O)c2ccc3c(c2)N(C)SC3)c1. The Balaban J connectivity index is 1.47. The number of hydrogen-bond acceptors (Lipinski definition) is 5. The first-order valence-corrected chi connectivity index (χ1v) is 13.0. The molecule has 1 aliphatic heterocycles. The molecule has 0 bridgehead atoms. The zero-order valence-electron chi connectivity index (χ0n) is 20.4. The minimum atomic E-state index is -0.984. The Morgan fingerprint density at radius 1 is 1.06 bits per heavy atom. The Morgan fingerprint density at radius 3 is 2.56 bits per heavy atom. The third-order valence-electron chi connectivity index (χ3n) is 6.34. The number of benzene rings is 3. The van der Waals surface area contributed by atoms with E-state index in [9.17, 15) is 18.7 Å². The van der Waals surface area contributed by atoms with Crippen molar-refractivity contribution in [1.82, 2.24) is 10.6 Å². The van der Waals surface area contributed by atoms with Crippen LogP contribution in [0.15, 0.2) is 60.7 Å². The largest absolute Gasteiger partial charge is 0.390 e. The molecule has 5 nitrogen and oxygen atoms in total. The van der Waals surface area contributed by atoms with Gasteiger partial charge >= 0.3 is 0 Å². The van der Waals surface area contributed by atoms with E-state index in [4.69, 9.17) is 0 Å². The fourth-order valence-electron chi connectivity index (χ4n) is 4.34. The molecule has 0 spiro atoms. The maximum Gasteiger partial charge on any atom is 0.251 e. The number of rotatable bonds is 10. The average Bonchev–Trinajstić information content (AvgIpc) is 3.23. The lowest BCUT2D eigenvalue weighted by atomic mass is 9.99. The Hall–Kier alpha value is -2.94. The minimum Gasteiger partial charge on any atom is -0.390 e. The molecule has 1 heterocycles. The topological polar surface area (TPSA) is 64.6 Å². The highest BCUT2D eigenvalue weighted by Gasteiger charge is 2.24. The quantitative estimate of drug-likeness (QED) is 0.347. The molecule has 3 aromatic carbocycles. The van der Waals surface area contributed by atoms with Crippen molar-refractivity contribution < 1.29 is 18.7 Å². The molecule has 0 fully saturated rings. The molecular weight excluding hydrogens is 480 g/mol. The molecule has 190 valence electrons. The number of carbonyl (C=O) groups excluding carboxylic acids is 1. The van der Waals surface area contributed by atoms with Crippen LogP contribution in [0.25, 0.3) is 0 Å². The third kappa shape index (κ3) is 6.63. The highest BCUT2D eigenvalue weighted by molar-refractivity contribution is 8.00. The van der Waals surface area contributed by atoms with Gasteiger partial charge in [0.25, 0.3) is 5.91 Å². The average molecular weight is 512 g/mol. The Kier molecular flexibility index (Phi) is 8.61. The maximum absolute atomic E-state index is 13.8. The molecule has 2 atom stereocenters. The fraction of sp³-hybridized carbons (Fsp3) is 0.321. The summed E-state index contributed by atoms with van der Waals surface area (Å²) in [6.45, 7) is 2.84. The standard InChI is InChI=1S/C28H31F2N3O2S/c1-3-18-5-4-6-19(9-18)15-31-16-27(34)25(12-20-10-23(29)14-24(30)11-20)32-28(35)21-7-8-22-17-36-33(2)26(22)13-21/h4-11,13-14,25,27,31,34H,3,12,15-17H2,1-2H3,(H,32,35)/t25-,27+/m0/s1. The molecule has 8 heteroatoms. The van der Waals surface area contributed by atoms with E-state index >= 15 is 0 Å². The van der Waals surface area contributed by atoms with E-state index in [-0.39, 0.29) is 18.9 Å². The number of aryl methyl sites for hydroxylation is 1. The van der Waals surface area contributed by atoms with Gasteiger partial charge in [0.2, 0.25) is 0 Å². The third-order valence-corrected chi connectivity index (χ3v) is 7.37. The summed E-state index contributed by atoms with van der Waals surface area (Å²) < 4.78 is 29.6. The summed E-state index contributed by atoms with van der Waals surface area (Å²) >= 11 is 1.66. The summed E-state index contributed by atoms with van der Waals surface area (Å²) in [5.74, 6) is -0.887. The molecule has 0 saturated carbocycles. The second-order valence-electron chi connectivity index (χ2n) is 9.05. The summed E-state index contributed by atoms with van der Waals surface area (Å²) in [7, 11) is 1.95. The molecule has 3 N–H and O–H groups in total. The number of halogens is 2. The number of amides is 1. The predicted molar refractivity (Wildman–Crippen MR) is 141 cm³/mol. The molecule has 0 aliphatic carbocycles. The molecule has 1 aliphatic rings. The van der Waals surface area contributed by atoms with Crippen LogP contribution in [-0.2, 0) is 25.1 Å². The van der Waals surface area contributed by atoms with Gasteiger partial charge in [0.05, 0.1) is 17.8 Å². The summed E-state index contributed by atoms with van der Waals surface area (Å²) in [5, 5.41) is 17.1. The maximum atomic E-state index is 13.8. The van der Waals surface area contributed by atoms with Crippen molar-refractivity contribution >= 4 is 23.5 Å². The molecular formula is C28H31F2N3O2S. The van der Waals surface area contributed by atoms with E-state index in [0.29, 0.717) is 17.7 Å². The summed E-state index contributed by atoms with van der Waals surface area (Å²) in [4.78, 5) is 13.1. The van der Waals surface area contributed by atoms with Crippen LogP contribution in [0, 0.1) is 11.6 Å². The molecule has 1 amide bonds. The van der Waals surface area contributed by atoms with Gasteiger partial charge in [-0.1, -0.05) is 37.3 Å².